The van der Waals surface area contributed by atoms with Crippen molar-refractivity contribution in [3.63, 3.8) is 0 Å². The number of amides is 1. The zero-order chi connectivity index (χ0) is 21.2. The first kappa shape index (κ1) is 20.0. The largest absolute Gasteiger partial charge is 0.350 e. The van der Waals surface area contributed by atoms with E-state index in [0.717, 1.165) is 49.4 Å². The van der Waals surface area contributed by atoms with E-state index in [0.29, 0.717) is 19.0 Å². The Labute approximate surface area is 186 Å². The Balaban J connectivity index is 1.14. The van der Waals surface area contributed by atoms with E-state index in [1.807, 2.05) is 29.8 Å². The van der Waals surface area contributed by atoms with Crippen LogP contribution in [0.1, 0.15) is 30.4 Å². The molecule has 1 aromatic carbocycles. The van der Waals surface area contributed by atoms with Gasteiger partial charge < -0.3 is 15.1 Å². The summed E-state index contributed by atoms with van der Waals surface area (Å²) in [6.07, 6.45) is 9.88. The minimum Gasteiger partial charge on any atom is -0.350 e. The van der Waals surface area contributed by atoms with Crippen LogP contribution in [0.25, 0.3) is 10.2 Å². The Morgan fingerprint density at radius 2 is 2.10 bits per heavy atom. The number of carbonyl (C=O) groups excluding carboxylic acids is 1. The van der Waals surface area contributed by atoms with Crippen molar-refractivity contribution in [1.29, 1.82) is 0 Å². The molecule has 158 valence electrons. The number of piperidine rings is 2. The molecule has 3 aromatic rings. The Morgan fingerprint density at radius 3 is 2.87 bits per heavy atom. The van der Waals surface area contributed by atoms with Gasteiger partial charge in [0.1, 0.15) is 5.82 Å². The normalized spacial score (nSPS) is 20.2. The molecule has 2 bridgehead atoms. The first-order valence-corrected chi connectivity index (χ1v) is 11.6. The molecule has 3 aliphatic rings. The Hall–Kier alpha value is -2.95. The zero-order valence-corrected chi connectivity index (χ0v) is 18.1. The number of nitrogens with zero attached hydrogens (tertiary/aromatic N) is 4. The predicted octanol–water partition coefficient (Wildman–Crippen LogP) is 3.03. The number of aromatic nitrogens is 2. The van der Waals surface area contributed by atoms with Crippen LogP contribution in [0.5, 0.6) is 0 Å². The number of benzene rings is 1. The van der Waals surface area contributed by atoms with Crippen LogP contribution in [0.2, 0.25) is 0 Å². The molecule has 0 aliphatic carbocycles. The van der Waals surface area contributed by atoms with Crippen LogP contribution in [0.4, 0.5) is 5.82 Å². The third-order valence-electron chi connectivity index (χ3n) is 6.33. The molecular formula is C24H25N5OS. The fourth-order valence-electron chi connectivity index (χ4n) is 4.70. The standard InChI is InChI=1S/C24H25N5OS/c1-2-17-6-9-22(26-12-17)28-14-20-8-7-19(28)15-29(20)23(30)10-11-25-13-18-4-3-5-21-24(18)31-16-27-21/h1,3-6,9,12,16,19-20,25H,7-8,10-11,13-15H2. The van der Waals surface area contributed by atoms with Gasteiger partial charge in [0.05, 0.1) is 15.7 Å². The third kappa shape index (κ3) is 4.01. The Bertz CT molecular complexity index is 1120. The van der Waals surface area contributed by atoms with E-state index in [1.54, 1.807) is 17.5 Å². The van der Waals surface area contributed by atoms with E-state index in [1.165, 1.54) is 10.3 Å². The van der Waals surface area contributed by atoms with Crippen LogP contribution in [0, 0.1) is 12.3 Å². The summed E-state index contributed by atoms with van der Waals surface area (Å²) < 4.78 is 1.22. The first-order valence-electron chi connectivity index (χ1n) is 10.7. The maximum absolute atomic E-state index is 12.9. The van der Waals surface area contributed by atoms with Crippen molar-refractivity contribution in [1.82, 2.24) is 20.2 Å². The van der Waals surface area contributed by atoms with Gasteiger partial charge in [-0.2, -0.15) is 0 Å². The van der Waals surface area contributed by atoms with Crippen LogP contribution in [-0.4, -0.2) is 52.5 Å². The van der Waals surface area contributed by atoms with Gasteiger partial charge in [0.2, 0.25) is 5.91 Å². The van der Waals surface area contributed by atoms with E-state index in [4.69, 9.17) is 6.42 Å². The lowest BCUT2D eigenvalue weighted by molar-refractivity contribution is -0.136. The quantitative estimate of drug-likeness (QED) is 0.480. The summed E-state index contributed by atoms with van der Waals surface area (Å²) in [6.45, 7) is 3.06. The monoisotopic (exact) mass is 431 g/mol. The van der Waals surface area contributed by atoms with Gasteiger partial charge >= 0.3 is 0 Å². The molecule has 7 heteroatoms. The van der Waals surface area contributed by atoms with Crippen molar-refractivity contribution in [3.05, 3.63) is 53.2 Å². The lowest BCUT2D eigenvalue weighted by Crippen LogP contribution is -2.64. The molecule has 2 unspecified atom stereocenters. The van der Waals surface area contributed by atoms with E-state index < -0.39 is 0 Å². The summed E-state index contributed by atoms with van der Waals surface area (Å²) >= 11 is 1.66. The van der Waals surface area contributed by atoms with Crippen molar-refractivity contribution in [2.24, 2.45) is 0 Å². The number of pyridine rings is 1. The highest BCUT2D eigenvalue weighted by molar-refractivity contribution is 7.16. The number of hydrogen-bond acceptors (Lipinski definition) is 6. The maximum atomic E-state index is 12.9. The van der Waals surface area contributed by atoms with Crippen molar-refractivity contribution in [2.75, 3.05) is 24.5 Å². The van der Waals surface area contributed by atoms with Crippen LogP contribution >= 0.6 is 11.3 Å². The molecular weight excluding hydrogens is 406 g/mol. The number of rotatable bonds is 6. The molecule has 6 rings (SSSR count). The number of terminal acetylenes is 1. The Kier molecular flexibility index (Phi) is 5.58. The summed E-state index contributed by atoms with van der Waals surface area (Å²) in [4.78, 5) is 26.3. The predicted molar refractivity (Wildman–Crippen MR) is 124 cm³/mol. The van der Waals surface area contributed by atoms with Gasteiger partial charge in [-0.15, -0.1) is 17.8 Å². The fraction of sp³-hybridized carbons (Fsp3) is 0.375. The molecule has 3 fully saturated rings. The average Bonchev–Trinajstić information content (AvgIpc) is 3.32. The van der Waals surface area contributed by atoms with Gasteiger partial charge in [-0.1, -0.05) is 18.1 Å². The third-order valence-corrected chi connectivity index (χ3v) is 7.25. The van der Waals surface area contributed by atoms with Gasteiger partial charge in [-0.3, -0.25) is 4.79 Å². The summed E-state index contributed by atoms with van der Waals surface area (Å²) in [6, 6.07) is 10.7. The molecule has 3 saturated heterocycles. The van der Waals surface area contributed by atoms with E-state index in [-0.39, 0.29) is 11.9 Å². The van der Waals surface area contributed by atoms with E-state index >= 15 is 0 Å². The molecule has 0 saturated carbocycles. The summed E-state index contributed by atoms with van der Waals surface area (Å²) in [5.41, 5.74) is 4.95. The summed E-state index contributed by atoms with van der Waals surface area (Å²) in [7, 11) is 0. The number of thiazole rings is 1. The topological polar surface area (TPSA) is 61.4 Å². The smallest absolute Gasteiger partial charge is 0.224 e. The summed E-state index contributed by atoms with van der Waals surface area (Å²) in [5, 5.41) is 3.44. The van der Waals surface area contributed by atoms with Crippen LogP contribution in [0.3, 0.4) is 0 Å². The molecule has 5 heterocycles. The lowest BCUT2D eigenvalue weighted by atomic mass is 9.90. The van der Waals surface area contributed by atoms with Crippen molar-refractivity contribution in [2.45, 2.75) is 37.9 Å². The second kappa shape index (κ2) is 8.66. The van der Waals surface area contributed by atoms with Gasteiger partial charge in [-0.05, 0) is 36.6 Å². The molecule has 2 atom stereocenters. The van der Waals surface area contributed by atoms with Crippen LogP contribution in [0.15, 0.2) is 42.0 Å². The molecule has 1 N–H and O–H groups in total. The minimum absolute atomic E-state index is 0.244. The van der Waals surface area contributed by atoms with Gasteiger partial charge in [0, 0.05) is 56.4 Å². The number of hydrogen-bond donors (Lipinski definition) is 1. The van der Waals surface area contributed by atoms with Crippen molar-refractivity contribution < 1.29 is 4.79 Å². The first-order chi connectivity index (χ1) is 15.2. The maximum Gasteiger partial charge on any atom is 0.224 e. The molecule has 0 radical (unpaired) electrons. The van der Waals surface area contributed by atoms with Crippen LogP contribution < -0.4 is 10.2 Å². The summed E-state index contributed by atoms with van der Waals surface area (Å²) in [5.74, 6) is 3.81. The zero-order valence-electron chi connectivity index (χ0n) is 17.3. The fourth-order valence-corrected chi connectivity index (χ4v) is 5.51. The highest BCUT2D eigenvalue weighted by Gasteiger charge is 2.41. The average molecular weight is 432 g/mol. The number of carbonyl (C=O) groups is 1. The van der Waals surface area contributed by atoms with Gasteiger partial charge in [0.25, 0.3) is 0 Å². The molecule has 2 aromatic heterocycles. The van der Waals surface area contributed by atoms with E-state index in [2.05, 4.69) is 37.1 Å². The van der Waals surface area contributed by atoms with Gasteiger partial charge in [0.15, 0.2) is 0 Å². The Morgan fingerprint density at radius 1 is 1.19 bits per heavy atom. The molecule has 6 nitrogen and oxygen atoms in total. The molecule has 0 spiro atoms. The van der Waals surface area contributed by atoms with Crippen molar-refractivity contribution >= 4 is 33.3 Å². The lowest BCUT2D eigenvalue weighted by Gasteiger charge is -2.52. The highest BCUT2D eigenvalue weighted by atomic mass is 32.1. The van der Waals surface area contributed by atoms with E-state index in [9.17, 15) is 4.79 Å². The number of fused-ring (bicyclic) bond motifs is 4. The number of piperazine rings is 1. The van der Waals surface area contributed by atoms with Gasteiger partial charge in [-0.25, -0.2) is 9.97 Å². The second-order valence-corrected chi connectivity index (χ2v) is 9.03. The highest BCUT2D eigenvalue weighted by Crippen LogP contribution is 2.32. The van der Waals surface area contributed by atoms with Crippen molar-refractivity contribution in [3.8, 4) is 12.3 Å². The van der Waals surface area contributed by atoms with Crippen LogP contribution in [-0.2, 0) is 11.3 Å². The molecule has 1 amide bonds. The number of anilines is 1. The molecule has 3 aliphatic heterocycles. The number of nitrogens with one attached hydrogen (secondary N) is 1. The molecule has 31 heavy (non-hydrogen) atoms. The SMILES string of the molecule is C#Cc1ccc(N2CC3CCC2CN3C(=O)CCNCc2cccc3ncsc23)nc1. The second-order valence-electron chi connectivity index (χ2n) is 8.18. The minimum atomic E-state index is 0.244.